The monoisotopic (exact) mass is 347 g/mol. The van der Waals surface area contributed by atoms with Crippen LogP contribution in [0.5, 0.6) is 0 Å². The van der Waals surface area contributed by atoms with Crippen molar-refractivity contribution < 1.29 is 19.1 Å². The molecule has 1 atom stereocenters. The molecule has 1 fully saturated rings. The van der Waals surface area contributed by atoms with Crippen molar-refractivity contribution in [3.8, 4) is 0 Å². The number of rotatable bonds is 3. The Bertz CT molecular complexity index is 698. The standard InChI is InChI=1S/C18H25N3O4/c1-11-6-7-12(15(22)21(4)5)10-13(11)19-17(24)20-14-16(23)25-9-8-18(14,2)3/h6-7,10,14H,8-9H2,1-5H3,(H2,19,20,24). The molecule has 0 aliphatic carbocycles. The molecule has 25 heavy (non-hydrogen) atoms. The fourth-order valence-corrected chi connectivity index (χ4v) is 2.65. The molecule has 0 spiro atoms. The molecule has 1 aromatic carbocycles. The van der Waals surface area contributed by atoms with E-state index >= 15 is 0 Å². The van der Waals surface area contributed by atoms with Crippen LogP contribution in [0.15, 0.2) is 18.2 Å². The Morgan fingerprint density at radius 2 is 1.96 bits per heavy atom. The average molecular weight is 347 g/mol. The van der Waals surface area contributed by atoms with Gasteiger partial charge in [0.15, 0.2) is 0 Å². The second-order valence-electron chi connectivity index (χ2n) is 7.17. The summed E-state index contributed by atoms with van der Waals surface area (Å²) in [6.07, 6.45) is 0.676. The Hall–Kier alpha value is -2.57. The topological polar surface area (TPSA) is 87.7 Å². The Kier molecular flexibility index (Phi) is 5.35. The summed E-state index contributed by atoms with van der Waals surface area (Å²) < 4.78 is 5.05. The number of aryl methyl sites for hydroxylation is 1. The molecule has 1 aliphatic heterocycles. The van der Waals surface area contributed by atoms with Crippen molar-refractivity contribution >= 4 is 23.6 Å². The van der Waals surface area contributed by atoms with E-state index in [4.69, 9.17) is 4.74 Å². The van der Waals surface area contributed by atoms with E-state index in [9.17, 15) is 14.4 Å². The highest BCUT2D eigenvalue weighted by Crippen LogP contribution is 2.30. The first-order valence-corrected chi connectivity index (χ1v) is 8.18. The molecular weight excluding hydrogens is 322 g/mol. The van der Waals surface area contributed by atoms with Crippen molar-refractivity contribution in [1.29, 1.82) is 0 Å². The quantitative estimate of drug-likeness (QED) is 0.820. The summed E-state index contributed by atoms with van der Waals surface area (Å²) in [6.45, 7) is 6.03. The number of hydrogen-bond donors (Lipinski definition) is 2. The van der Waals surface area contributed by atoms with E-state index in [1.54, 1.807) is 32.3 Å². The number of anilines is 1. The van der Waals surface area contributed by atoms with E-state index in [0.29, 0.717) is 24.3 Å². The van der Waals surface area contributed by atoms with Gasteiger partial charge < -0.3 is 20.3 Å². The number of hydrogen-bond acceptors (Lipinski definition) is 4. The number of carbonyl (C=O) groups excluding carboxylic acids is 3. The second kappa shape index (κ2) is 7.13. The number of nitrogens with zero attached hydrogens (tertiary/aromatic N) is 1. The van der Waals surface area contributed by atoms with Crippen LogP contribution in [0.4, 0.5) is 10.5 Å². The lowest BCUT2D eigenvalue weighted by Gasteiger charge is -2.36. The molecule has 0 bridgehead atoms. The van der Waals surface area contributed by atoms with Gasteiger partial charge in [-0.2, -0.15) is 0 Å². The van der Waals surface area contributed by atoms with Crippen molar-refractivity contribution in [2.45, 2.75) is 33.2 Å². The fourth-order valence-electron chi connectivity index (χ4n) is 2.65. The molecule has 2 N–H and O–H groups in total. The maximum absolute atomic E-state index is 12.4. The summed E-state index contributed by atoms with van der Waals surface area (Å²) in [4.78, 5) is 37.9. The zero-order chi connectivity index (χ0) is 18.8. The van der Waals surface area contributed by atoms with Gasteiger partial charge in [0.1, 0.15) is 6.04 Å². The predicted molar refractivity (Wildman–Crippen MR) is 94.5 cm³/mol. The van der Waals surface area contributed by atoms with Gasteiger partial charge in [-0.25, -0.2) is 9.59 Å². The first-order chi connectivity index (χ1) is 11.6. The zero-order valence-corrected chi connectivity index (χ0v) is 15.3. The third-order valence-electron chi connectivity index (χ3n) is 4.42. The summed E-state index contributed by atoms with van der Waals surface area (Å²) in [5.41, 5.74) is 1.43. The van der Waals surface area contributed by atoms with E-state index in [0.717, 1.165) is 5.56 Å². The lowest BCUT2D eigenvalue weighted by atomic mass is 9.80. The highest BCUT2D eigenvalue weighted by Gasteiger charge is 2.41. The minimum atomic E-state index is -0.715. The van der Waals surface area contributed by atoms with E-state index in [2.05, 4.69) is 10.6 Å². The number of urea groups is 1. The highest BCUT2D eigenvalue weighted by atomic mass is 16.5. The van der Waals surface area contributed by atoms with Crippen molar-refractivity contribution in [2.24, 2.45) is 5.41 Å². The van der Waals surface area contributed by atoms with Gasteiger partial charge in [0, 0.05) is 25.3 Å². The van der Waals surface area contributed by atoms with Crippen LogP contribution in [0.25, 0.3) is 0 Å². The number of carbonyl (C=O) groups is 3. The lowest BCUT2D eigenvalue weighted by Crippen LogP contribution is -2.55. The van der Waals surface area contributed by atoms with Crippen LogP contribution in [-0.4, -0.2) is 49.6 Å². The maximum Gasteiger partial charge on any atom is 0.329 e. The third kappa shape index (κ3) is 4.29. The summed E-state index contributed by atoms with van der Waals surface area (Å²) >= 11 is 0. The van der Waals surface area contributed by atoms with Crippen LogP contribution in [0, 0.1) is 12.3 Å². The normalized spacial score (nSPS) is 18.9. The molecule has 0 saturated carbocycles. The van der Waals surface area contributed by atoms with Gasteiger partial charge in [0.2, 0.25) is 0 Å². The van der Waals surface area contributed by atoms with E-state index in [-0.39, 0.29) is 11.3 Å². The number of ether oxygens (including phenoxy) is 1. The van der Waals surface area contributed by atoms with Crippen molar-refractivity contribution in [2.75, 3.05) is 26.0 Å². The fraction of sp³-hybridized carbons (Fsp3) is 0.500. The number of esters is 1. The van der Waals surface area contributed by atoms with Crippen molar-refractivity contribution in [1.82, 2.24) is 10.2 Å². The minimum Gasteiger partial charge on any atom is -0.464 e. The summed E-state index contributed by atoms with van der Waals surface area (Å²) in [5.74, 6) is -0.583. The largest absolute Gasteiger partial charge is 0.464 e. The van der Waals surface area contributed by atoms with Gasteiger partial charge >= 0.3 is 12.0 Å². The van der Waals surface area contributed by atoms with Gasteiger partial charge in [-0.3, -0.25) is 4.79 Å². The van der Waals surface area contributed by atoms with Gasteiger partial charge in [0.25, 0.3) is 5.91 Å². The third-order valence-corrected chi connectivity index (χ3v) is 4.42. The minimum absolute atomic E-state index is 0.152. The summed E-state index contributed by atoms with van der Waals surface area (Å²) in [7, 11) is 3.33. The van der Waals surface area contributed by atoms with Crippen molar-refractivity contribution in [3.63, 3.8) is 0 Å². The first kappa shape index (κ1) is 18.8. The van der Waals surface area contributed by atoms with Gasteiger partial charge in [-0.1, -0.05) is 19.9 Å². The average Bonchev–Trinajstić information content (AvgIpc) is 2.52. The highest BCUT2D eigenvalue weighted by molar-refractivity contribution is 5.98. The molecule has 0 radical (unpaired) electrons. The molecule has 3 amide bonds. The molecule has 1 unspecified atom stereocenters. The van der Waals surface area contributed by atoms with E-state index in [1.165, 1.54) is 4.90 Å². The lowest BCUT2D eigenvalue weighted by molar-refractivity contribution is -0.155. The van der Waals surface area contributed by atoms with Gasteiger partial charge in [0.05, 0.1) is 6.61 Å². The molecule has 0 aromatic heterocycles. The Balaban J connectivity index is 2.13. The molecule has 136 valence electrons. The molecule has 1 aliphatic rings. The molecular formula is C18H25N3O4. The molecule has 7 nitrogen and oxygen atoms in total. The Morgan fingerprint density at radius 3 is 2.56 bits per heavy atom. The number of cyclic esters (lactones) is 1. The Morgan fingerprint density at radius 1 is 1.28 bits per heavy atom. The van der Waals surface area contributed by atoms with Crippen LogP contribution >= 0.6 is 0 Å². The van der Waals surface area contributed by atoms with E-state index in [1.807, 2.05) is 20.8 Å². The number of benzene rings is 1. The van der Waals surface area contributed by atoms with Crippen LogP contribution in [0.3, 0.4) is 0 Å². The van der Waals surface area contributed by atoms with Gasteiger partial charge in [-0.15, -0.1) is 0 Å². The molecule has 1 heterocycles. The van der Waals surface area contributed by atoms with Crippen LogP contribution in [-0.2, 0) is 9.53 Å². The van der Waals surface area contributed by atoms with Crippen LogP contribution in [0.2, 0.25) is 0 Å². The van der Waals surface area contributed by atoms with Gasteiger partial charge in [-0.05, 0) is 36.5 Å². The second-order valence-corrected chi connectivity index (χ2v) is 7.17. The molecule has 2 rings (SSSR count). The SMILES string of the molecule is Cc1ccc(C(=O)N(C)C)cc1NC(=O)NC1C(=O)OCCC1(C)C. The van der Waals surface area contributed by atoms with Crippen molar-refractivity contribution in [3.05, 3.63) is 29.3 Å². The summed E-state index contributed by atoms with van der Waals surface area (Å²) in [6, 6.07) is 3.89. The first-order valence-electron chi connectivity index (χ1n) is 8.18. The zero-order valence-electron chi connectivity index (χ0n) is 15.3. The summed E-state index contributed by atoms with van der Waals surface area (Å²) in [5, 5.41) is 5.41. The van der Waals surface area contributed by atoms with Crippen LogP contribution < -0.4 is 10.6 Å². The molecule has 1 aromatic rings. The smallest absolute Gasteiger partial charge is 0.329 e. The maximum atomic E-state index is 12.4. The molecule has 7 heteroatoms. The Labute approximate surface area is 147 Å². The van der Waals surface area contributed by atoms with E-state index < -0.39 is 18.0 Å². The molecule has 1 saturated heterocycles. The number of amides is 3. The predicted octanol–water partition coefficient (Wildman–Crippen LogP) is 2.16. The van der Waals surface area contributed by atoms with Crippen LogP contribution in [0.1, 0.15) is 36.2 Å². The number of nitrogens with one attached hydrogen (secondary N) is 2.